The molecule has 4 nitrogen and oxygen atoms in total. The van der Waals surface area contributed by atoms with E-state index in [1.165, 1.54) is 22.8 Å². The van der Waals surface area contributed by atoms with Crippen molar-refractivity contribution < 1.29 is 17.2 Å². The Kier molecular flexibility index (Phi) is 3.83. The van der Waals surface area contributed by atoms with Crippen molar-refractivity contribution in [1.82, 2.24) is 0 Å². The third-order valence-corrected chi connectivity index (χ3v) is 4.78. The van der Waals surface area contributed by atoms with Crippen LogP contribution >= 0.6 is 11.3 Å². The predicted octanol–water partition coefficient (Wildman–Crippen LogP) is 2.29. The molecule has 2 aromatic rings. The van der Waals surface area contributed by atoms with Crippen molar-refractivity contribution >= 4 is 27.0 Å². The van der Waals surface area contributed by atoms with Crippen molar-refractivity contribution in [1.29, 1.82) is 0 Å². The fraction of sp³-hybridized carbons (Fsp3) is 0.0909. The molecule has 0 saturated carbocycles. The number of nitrogens with one attached hydrogen (secondary N) is 1. The van der Waals surface area contributed by atoms with Gasteiger partial charge in [0.05, 0.1) is 10.6 Å². The van der Waals surface area contributed by atoms with Gasteiger partial charge in [-0.1, -0.05) is 0 Å². The first kappa shape index (κ1) is 13.9. The summed E-state index contributed by atoms with van der Waals surface area (Å²) in [4.78, 5) is 0.758. The highest BCUT2D eigenvalue weighted by Crippen LogP contribution is 2.22. The van der Waals surface area contributed by atoms with Gasteiger partial charge < -0.3 is 5.73 Å². The van der Waals surface area contributed by atoms with E-state index in [-0.39, 0.29) is 17.1 Å². The van der Waals surface area contributed by atoms with Gasteiger partial charge in [0.1, 0.15) is 0 Å². The Labute approximate surface area is 112 Å². The van der Waals surface area contributed by atoms with E-state index in [1.54, 1.807) is 0 Å². The first-order valence-electron chi connectivity index (χ1n) is 5.18. The smallest absolute Gasteiger partial charge is 0.262 e. The zero-order valence-corrected chi connectivity index (χ0v) is 11.2. The molecular weight excluding hydrogens is 294 g/mol. The minimum absolute atomic E-state index is 0.0422. The highest BCUT2D eigenvalue weighted by atomic mass is 32.2. The van der Waals surface area contributed by atoms with Crippen LogP contribution in [0.2, 0.25) is 0 Å². The van der Waals surface area contributed by atoms with Gasteiger partial charge in [0.15, 0.2) is 11.6 Å². The lowest BCUT2D eigenvalue weighted by molar-refractivity contribution is 0.509. The Hall–Kier alpha value is -1.51. The zero-order chi connectivity index (χ0) is 14.0. The molecule has 3 N–H and O–H groups in total. The van der Waals surface area contributed by atoms with Crippen LogP contribution in [-0.2, 0) is 16.6 Å². The lowest BCUT2D eigenvalue weighted by Crippen LogP contribution is -2.12. The summed E-state index contributed by atoms with van der Waals surface area (Å²) in [6, 6.07) is 4.22. The average Bonchev–Trinajstić information content (AvgIpc) is 2.83. The van der Waals surface area contributed by atoms with Crippen LogP contribution in [0.1, 0.15) is 4.88 Å². The Morgan fingerprint density at radius 2 is 1.95 bits per heavy atom. The molecule has 0 amide bonds. The predicted molar refractivity (Wildman–Crippen MR) is 69.4 cm³/mol. The Morgan fingerprint density at radius 1 is 1.21 bits per heavy atom. The van der Waals surface area contributed by atoms with E-state index >= 15 is 0 Å². The van der Waals surface area contributed by atoms with Crippen molar-refractivity contribution in [2.45, 2.75) is 11.4 Å². The second-order valence-electron chi connectivity index (χ2n) is 3.69. The largest absolute Gasteiger partial charge is 0.326 e. The molecule has 0 unspecified atom stereocenters. The van der Waals surface area contributed by atoms with Gasteiger partial charge in [-0.25, -0.2) is 17.2 Å². The Morgan fingerprint density at radius 3 is 2.53 bits per heavy atom. The normalized spacial score (nSPS) is 11.5. The monoisotopic (exact) mass is 304 g/mol. The summed E-state index contributed by atoms with van der Waals surface area (Å²) in [5.41, 5.74) is 5.36. The SMILES string of the molecule is NCc1cc(S(=O)(=O)Nc2ccc(F)c(F)c2)cs1. The standard InChI is InChI=1S/C11H10F2N2O2S2/c12-10-2-1-7(3-11(10)13)15-19(16,17)9-4-8(5-14)18-6-9/h1-4,6,15H,5,14H2. The van der Waals surface area contributed by atoms with Crippen molar-refractivity contribution in [3.8, 4) is 0 Å². The van der Waals surface area contributed by atoms with Gasteiger partial charge in [-0.3, -0.25) is 4.72 Å². The topological polar surface area (TPSA) is 72.2 Å². The highest BCUT2D eigenvalue weighted by Gasteiger charge is 2.17. The van der Waals surface area contributed by atoms with Crippen molar-refractivity contribution in [3.63, 3.8) is 0 Å². The number of nitrogens with two attached hydrogens (primary N) is 1. The van der Waals surface area contributed by atoms with Crippen LogP contribution < -0.4 is 10.5 Å². The maximum Gasteiger partial charge on any atom is 0.262 e. The second-order valence-corrected chi connectivity index (χ2v) is 6.37. The maximum absolute atomic E-state index is 13.0. The molecule has 0 spiro atoms. The summed E-state index contributed by atoms with van der Waals surface area (Å²) in [7, 11) is -3.82. The van der Waals surface area contributed by atoms with E-state index in [9.17, 15) is 17.2 Å². The molecule has 1 heterocycles. The van der Waals surface area contributed by atoms with Crippen LogP contribution in [-0.4, -0.2) is 8.42 Å². The number of anilines is 1. The minimum atomic E-state index is -3.82. The molecule has 0 fully saturated rings. The van der Waals surface area contributed by atoms with E-state index in [1.807, 2.05) is 0 Å². The van der Waals surface area contributed by atoms with Crippen LogP contribution in [0.15, 0.2) is 34.5 Å². The molecule has 102 valence electrons. The van der Waals surface area contributed by atoms with Crippen molar-refractivity contribution in [2.75, 3.05) is 4.72 Å². The molecule has 8 heteroatoms. The quantitative estimate of drug-likeness (QED) is 0.910. The van der Waals surface area contributed by atoms with Gasteiger partial charge in [0.2, 0.25) is 0 Å². The molecule has 0 atom stereocenters. The summed E-state index contributed by atoms with van der Waals surface area (Å²) >= 11 is 1.21. The molecule has 1 aromatic carbocycles. The molecule has 0 bridgehead atoms. The van der Waals surface area contributed by atoms with Gasteiger partial charge in [0, 0.05) is 22.9 Å². The molecule has 0 aliphatic rings. The van der Waals surface area contributed by atoms with Crippen LogP contribution in [0.3, 0.4) is 0 Å². The van der Waals surface area contributed by atoms with E-state index in [2.05, 4.69) is 4.72 Å². The lowest BCUT2D eigenvalue weighted by atomic mass is 10.3. The summed E-state index contributed by atoms with van der Waals surface area (Å²) in [6.45, 7) is 0.241. The summed E-state index contributed by atoms with van der Waals surface area (Å²) in [5, 5.41) is 1.43. The van der Waals surface area contributed by atoms with Crippen LogP contribution in [0.5, 0.6) is 0 Å². The van der Waals surface area contributed by atoms with Crippen LogP contribution in [0.4, 0.5) is 14.5 Å². The Balaban J connectivity index is 2.28. The van der Waals surface area contributed by atoms with Crippen LogP contribution in [0, 0.1) is 11.6 Å². The Bertz CT molecular complexity index is 698. The number of benzene rings is 1. The molecule has 0 aliphatic carbocycles. The fourth-order valence-electron chi connectivity index (χ4n) is 1.38. The summed E-state index contributed by atoms with van der Waals surface area (Å²) in [5.74, 6) is -2.16. The zero-order valence-electron chi connectivity index (χ0n) is 9.56. The highest BCUT2D eigenvalue weighted by molar-refractivity contribution is 7.92. The molecule has 0 saturated heterocycles. The fourth-order valence-corrected chi connectivity index (χ4v) is 3.59. The van der Waals surface area contributed by atoms with Gasteiger partial charge in [-0.2, -0.15) is 0 Å². The molecule has 0 radical (unpaired) electrons. The van der Waals surface area contributed by atoms with Gasteiger partial charge in [-0.05, 0) is 18.2 Å². The molecule has 0 aliphatic heterocycles. The van der Waals surface area contributed by atoms with Gasteiger partial charge >= 0.3 is 0 Å². The number of halogens is 2. The van der Waals surface area contributed by atoms with E-state index in [0.717, 1.165) is 18.2 Å². The minimum Gasteiger partial charge on any atom is -0.326 e. The molecular formula is C11H10F2N2O2S2. The number of thiophene rings is 1. The number of rotatable bonds is 4. The average molecular weight is 304 g/mol. The third-order valence-electron chi connectivity index (χ3n) is 2.31. The first-order valence-corrected chi connectivity index (χ1v) is 7.54. The van der Waals surface area contributed by atoms with E-state index in [4.69, 9.17) is 5.73 Å². The van der Waals surface area contributed by atoms with Crippen molar-refractivity contribution in [2.24, 2.45) is 5.73 Å². The van der Waals surface area contributed by atoms with E-state index in [0.29, 0.717) is 4.88 Å². The van der Waals surface area contributed by atoms with Crippen LogP contribution in [0.25, 0.3) is 0 Å². The lowest BCUT2D eigenvalue weighted by Gasteiger charge is -2.06. The summed E-state index contributed by atoms with van der Waals surface area (Å²) in [6.07, 6.45) is 0. The molecule has 1 aromatic heterocycles. The van der Waals surface area contributed by atoms with Gasteiger partial charge in [0.25, 0.3) is 10.0 Å². The second kappa shape index (κ2) is 5.24. The number of hydrogen-bond acceptors (Lipinski definition) is 4. The first-order chi connectivity index (χ1) is 8.92. The third kappa shape index (κ3) is 3.09. The maximum atomic E-state index is 13.0. The van der Waals surface area contributed by atoms with Crippen molar-refractivity contribution in [3.05, 3.63) is 46.2 Å². The van der Waals surface area contributed by atoms with Gasteiger partial charge in [-0.15, -0.1) is 11.3 Å². The number of sulfonamides is 1. The molecule has 19 heavy (non-hydrogen) atoms. The number of hydrogen-bond donors (Lipinski definition) is 2. The summed E-state index contributed by atoms with van der Waals surface area (Å²) < 4.78 is 51.8. The molecule has 2 rings (SSSR count). The van der Waals surface area contributed by atoms with E-state index < -0.39 is 21.7 Å².